The highest BCUT2D eigenvalue weighted by atomic mass is 32.2. The number of nitrogens with one attached hydrogen (secondary N) is 1. The molecule has 1 unspecified atom stereocenters. The molecule has 7 nitrogen and oxygen atoms in total. The molecule has 0 aliphatic carbocycles. The first-order valence-electron chi connectivity index (χ1n) is 8.34. The Labute approximate surface area is 160 Å². The van der Waals surface area contributed by atoms with E-state index in [1.807, 2.05) is 30.3 Å². The van der Waals surface area contributed by atoms with E-state index in [4.69, 9.17) is 15.2 Å². The van der Waals surface area contributed by atoms with E-state index in [1.54, 1.807) is 13.0 Å². The summed E-state index contributed by atoms with van der Waals surface area (Å²) in [5.41, 5.74) is 6.67. The largest absolute Gasteiger partial charge is 0.462 e. The zero-order valence-electron chi connectivity index (χ0n) is 14.7. The molecule has 0 fully saturated rings. The monoisotopic (exact) mass is 385 g/mol. The van der Waals surface area contributed by atoms with Crippen molar-refractivity contribution in [2.45, 2.75) is 18.0 Å². The lowest BCUT2D eigenvalue weighted by atomic mass is 9.84. The summed E-state index contributed by atoms with van der Waals surface area (Å²) in [6, 6.07) is 9.11. The average molecular weight is 385 g/mol. The molecule has 0 spiro atoms. The van der Waals surface area contributed by atoms with Crippen LogP contribution in [-0.4, -0.2) is 28.3 Å². The fourth-order valence-corrected chi connectivity index (χ4v) is 3.42. The SMILES string of the molecule is C=CCSc1nc2c(c(=O)[nH]1)C(c1ccccc1)C(C(=O)OCC)=C(N)O2. The van der Waals surface area contributed by atoms with Gasteiger partial charge in [0.25, 0.3) is 5.56 Å². The molecule has 0 saturated heterocycles. The Kier molecular flexibility index (Phi) is 5.66. The summed E-state index contributed by atoms with van der Waals surface area (Å²) in [7, 11) is 0. The van der Waals surface area contributed by atoms with Crippen LogP contribution in [0.4, 0.5) is 0 Å². The second-order valence-corrected chi connectivity index (χ2v) is 6.64. The van der Waals surface area contributed by atoms with Gasteiger partial charge in [0.1, 0.15) is 5.57 Å². The van der Waals surface area contributed by atoms with Gasteiger partial charge >= 0.3 is 5.97 Å². The number of aromatic amines is 1. The van der Waals surface area contributed by atoms with Crippen LogP contribution in [0, 0.1) is 0 Å². The highest BCUT2D eigenvalue weighted by Gasteiger charge is 2.38. The van der Waals surface area contributed by atoms with E-state index in [1.165, 1.54) is 11.8 Å². The molecule has 1 aromatic heterocycles. The summed E-state index contributed by atoms with van der Waals surface area (Å²) < 4.78 is 10.7. The van der Waals surface area contributed by atoms with Gasteiger partial charge in [0.15, 0.2) is 5.16 Å². The Bertz CT molecular complexity index is 953. The molecule has 1 atom stereocenters. The Hall–Kier alpha value is -3.00. The van der Waals surface area contributed by atoms with E-state index >= 15 is 0 Å². The molecule has 1 aliphatic rings. The summed E-state index contributed by atoms with van der Waals surface area (Å²) in [6.45, 7) is 5.52. The minimum Gasteiger partial charge on any atom is -0.462 e. The maximum absolute atomic E-state index is 12.8. The molecule has 8 heteroatoms. The second kappa shape index (κ2) is 8.13. The molecule has 2 heterocycles. The number of hydrogen-bond acceptors (Lipinski definition) is 7. The molecule has 3 rings (SSSR count). The van der Waals surface area contributed by atoms with Crippen molar-refractivity contribution in [3.05, 3.63) is 75.9 Å². The quantitative estimate of drug-likeness (QED) is 0.340. The number of nitrogens with zero attached hydrogens (tertiary/aromatic N) is 1. The van der Waals surface area contributed by atoms with Crippen molar-refractivity contribution in [1.82, 2.24) is 9.97 Å². The van der Waals surface area contributed by atoms with Crippen LogP contribution in [0.2, 0.25) is 0 Å². The van der Waals surface area contributed by atoms with E-state index in [2.05, 4.69) is 16.5 Å². The first-order valence-corrected chi connectivity index (χ1v) is 9.32. The van der Waals surface area contributed by atoms with Gasteiger partial charge in [0, 0.05) is 5.75 Å². The number of fused-ring (bicyclic) bond motifs is 1. The number of thioether (sulfide) groups is 1. The van der Waals surface area contributed by atoms with Crippen LogP contribution < -0.4 is 16.0 Å². The Morgan fingerprint density at radius 3 is 2.85 bits per heavy atom. The number of aromatic nitrogens is 2. The molecule has 3 N–H and O–H groups in total. The molecule has 27 heavy (non-hydrogen) atoms. The van der Waals surface area contributed by atoms with Crippen LogP contribution in [0.3, 0.4) is 0 Å². The summed E-state index contributed by atoms with van der Waals surface area (Å²) in [4.78, 5) is 32.4. The summed E-state index contributed by atoms with van der Waals surface area (Å²) in [6.07, 6.45) is 1.70. The predicted molar refractivity (Wildman–Crippen MR) is 103 cm³/mol. The minimum absolute atomic E-state index is 0.0877. The van der Waals surface area contributed by atoms with Crippen LogP contribution in [0.25, 0.3) is 0 Å². The number of H-pyrrole nitrogens is 1. The highest BCUT2D eigenvalue weighted by Crippen LogP contribution is 2.40. The zero-order chi connectivity index (χ0) is 19.4. The molecule has 0 amide bonds. The molecule has 0 radical (unpaired) electrons. The molecule has 0 bridgehead atoms. The van der Waals surface area contributed by atoms with E-state index in [9.17, 15) is 9.59 Å². The van der Waals surface area contributed by atoms with Crippen molar-refractivity contribution in [2.24, 2.45) is 5.73 Å². The van der Waals surface area contributed by atoms with Gasteiger partial charge in [-0.15, -0.1) is 6.58 Å². The standard InChI is InChI=1S/C19H19N3O4S/c1-3-10-27-19-21-16(23)14-12(11-8-6-5-7-9-11)13(18(24)25-4-2)15(20)26-17(14)22-19/h3,5-9,12H,1,4,10,20H2,2H3,(H,21,22,23). The molecule has 2 aromatic rings. The van der Waals surface area contributed by atoms with Crippen LogP contribution >= 0.6 is 11.8 Å². The zero-order valence-corrected chi connectivity index (χ0v) is 15.5. The van der Waals surface area contributed by atoms with Crippen molar-refractivity contribution in [3.8, 4) is 5.88 Å². The third-order valence-electron chi connectivity index (χ3n) is 3.91. The Morgan fingerprint density at radius 2 is 2.19 bits per heavy atom. The Balaban J connectivity index is 2.18. The molecular weight excluding hydrogens is 366 g/mol. The number of benzene rings is 1. The topological polar surface area (TPSA) is 107 Å². The van der Waals surface area contributed by atoms with Crippen molar-refractivity contribution in [1.29, 1.82) is 0 Å². The summed E-state index contributed by atoms with van der Waals surface area (Å²) >= 11 is 1.31. The number of ether oxygens (including phenoxy) is 2. The number of carbonyl (C=O) groups excluding carboxylic acids is 1. The van der Waals surface area contributed by atoms with E-state index in [0.717, 1.165) is 0 Å². The van der Waals surface area contributed by atoms with Crippen LogP contribution in [0.5, 0.6) is 5.88 Å². The fourth-order valence-electron chi connectivity index (χ4n) is 2.83. The lowest BCUT2D eigenvalue weighted by molar-refractivity contribution is -0.139. The van der Waals surface area contributed by atoms with Gasteiger partial charge in [-0.25, -0.2) is 4.79 Å². The summed E-state index contributed by atoms with van der Waals surface area (Å²) in [5, 5.41) is 0.387. The van der Waals surface area contributed by atoms with Gasteiger partial charge in [-0.05, 0) is 12.5 Å². The van der Waals surface area contributed by atoms with Crippen LogP contribution in [-0.2, 0) is 9.53 Å². The highest BCUT2D eigenvalue weighted by molar-refractivity contribution is 7.99. The van der Waals surface area contributed by atoms with Gasteiger partial charge in [0.2, 0.25) is 11.8 Å². The number of esters is 1. The average Bonchev–Trinajstić information content (AvgIpc) is 2.66. The van der Waals surface area contributed by atoms with Gasteiger partial charge in [-0.2, -0.15) is 4.98 Å². The second-order valence-electron chi connectivity index (χ2n) is 5.63. The smallest absolute Gasteiger partial charge is 0.340 e. The van der Waals surface area contributed by atoms with Gasteiger partial charge in [-0.1, -0.05) is 48.2 Å². The molecule has 1 aliphatic heterocycles. The summed E-state index contributed by atoms with van der Waals surface area (Å²) in [5.74, 6) is -0.816. The minimum atomic E-state index is -0.733. The van der Waals surface area contributed by atoms with Crippen molar-refractivity contribution < 1.29 is 14.3 Å². The number of hydrogen-bond donors (Lipinski definition) is 2. The van der Waals surface area contributed by atoms with Gasteiger partial charge < -0.3 is 20.2 Å². The van der Waals surface area contributed by atoms with Gasteiger partial charge in [-0.3, -0.25) is 4.79 Å². The van der Waals surface area contributed by atoms with E-state index < -0.39 is 17.4 Å². The maximum atomic E-state index is 12.8. The molecule has 140 valence electrons. The van der Waals surface area contributed by atoms with Crippen LogP contribution in [0.1, 0.15) is 24.0 Å². The van der Waals surface area contributed by atoms with Crippen LogP contribution in [0.15, 0.2) is 64.4 Å². The number of carbonyl (C=O) groups is 1. The molecular formula is C19H19N3O4S. The third kappa shape index (κ3) is 3.75. The fraction of sp³-hybridized carbons (Fsp3) is 0.211. The molecule has 1 aromatic carbocycles. The van der Waals surface area contributed by atoms with Crippen molar-refractivity contribution in [3.63, 3.8) is 0 Å². The lowest BCUT2D eigenvalue weighted by Gasteiger charge is -2.27. The third-order valence-corrected chi connectivity index (χ3v) is 4.78. The maximum Gasteiger partial charge on any atom is 0.340 e. The van der Waals surface area contributed by atoms with Crippen molar-refractivity contribution in [2.75, 3.05) is 12.4 Å². The normalized spacial score (nSPS) is 15.7. The Morgan fingerprint density at radius 1 is 1.44 bits per heavy atom. The predicted octanol–water partition coefficient (Wildman–Crippen LogP) is 2.31. The van der Waals surface area contributed by atoms with Crippen molar-refractivity contribution >= 4 is 17.7 Å². The molecule has 0 saturated carbocycles. The van der Waals surface area contributed by atoms with E-state index in [-0.39, 0.29) is 29.5 Å². The van der Waals surface area contributed by atoms with Gasteiger partial charge in [0.05, 0.1) is 18.1 Å². The first kappa shape index (κ1) is 18.8. The lowest BCUT2D eigenvalue weighted by Crippen LogP contribution is -2.32. The number of nitrogens with two attached hydrogens (primary N) is 1. The first-order chi connectivity index (χ1) is 13.1. The number of rotatable bonds is 6. The van der Waals surface area contributed by atoms with E-state index in [0.29, 0.717) is 16.5 Å².